The monoisotopic (exact) mass is 331 g/mol. The molecule has 0 saturated carbocycles. The van der Waals surface area contributed by atoms with Gasteiger partial charge in [-0.2, -0.15) is 5.11 Å². The van der Waals surface area contributed by atoms with Crippen molar-refractivity contribution >= 4 is 23.0 Å². The summed E-state index contributed by atoms with van der Waals surface area (Å²) in [5.74, 6) is -0.622. The van der Waals surface area contributed by atoms with Crippen molar-refractivity contribution in [3.8, 4) is 17.2 Å². The molecule has 8 heteroatoms. The Morgan fingerprint density at radius 3 is 2.12 bits per heavy atom. The minimum absolute atomic E-state index is 0.0273. The van der Waals surface area contributed by atoms with E-state index in [1.165, 1.54) is 27.4 Å². The lowest BCUT2D eigenvalue weighted by molar-refractivity contribution is 0.0697. The van der Waals surface area contributed by atoms with Crippen molar-refractivity contribution in [1.29, 1.82) is 0 Å². The fourth-order valence-corrected chi connectivity index (χ4v) is 2.05. The summed E-state index contributed by atoms with van der Waals surface area (Å²) in [7, 11) is 4.20. The van der Waals surface area contributed by atoms with E-state index in [9.17, 15) is 9.90 Å². The third-order valence-corrected chi connectivity index (χ3v) is 3.19. The molecule has 0 aliphatic heterocycles. The molecule has 24 heavy (non-hydrogen) atoms. The fraction of sp³-hybridized carbons (Fsp3) is 0.188. The molecule has 0 radical (unpaired) electrons. The Morgan fingerprint density at radius 2 is 1.62 bits per heavy atom. The molecule has 2 aromatic carbocycles. The predicted octanol–water partition coefficient (Wildman–Crippen LogP) is 3.41. The molecule has 0 heterocycles. The average molecular weight is 331 g/mol. The van der Waals surface area contributed by atoms with Crippen LogP contribution in [-0.2, 0) is 0 Å². The lowest BCUT2D eigenvalue weighted by Crippen LogP contribution is -2.02. The zero-order valence-electron chi connectivity index (χ0n) is 13.4. The molecule has 0 aliphatic rings. The zero-order valence-corrected chi connectivity index (χ0v) is 13.4. The van der Waals surface area contributed by atoms with E-state index in [4.69, 9.17) is 19.9 Å². The van der Waals surface area contributed by atoms with Crippen LogP contribution in [0.5, 0.6) is 17.2 Å². The number of nitrogens with zero attached hydrogens (tertiary/aromatic N) is 2. The van der Waals surface area contributed by atoms with Crippen LogP contribution in [0.1, 0.15) is 10.4 Å². The summed E-state index contributed by atoms with van der Waals surface area (Å²) in [5.41, 5.74) is 6.62. The predicted molar refractivity (Wildman–Crippen MR) is 88.1 cm³/mol. The first-order chi connectivity index (χ1) is 11.5. The van der Waals surface area contributed by atoms with Gasteiger partial charge in [0.1, 0.15) is 5.69 Å². The number of hydrogen-bond donors (Lipinski definition) is 2. The van der Waals surface area contributed by atoms with E-state index < -0.39 is 5.97 Å². The Bertz CT molecular complexity index is 772. The highest BCUT2D eigenvalue weighted by molar-refractivity contribution is 5.97. The van der Waals surface area contributed by atoms with Gasteiger partial charge in [0.2, 0.25) is 5.75 Å². The average Bonchev–Trinajstić information content (AvgIpc) is 2.59. The van der Waals surface area contributed by atoms with Crippen molar-refractivity contribution in [2.24, 2.45) is 10.2 Å². The number of aromatic carboxylic acids is 1. The van der Waals surface area contributed by atoms with Crippen molar-refractivity contribution in [3.05, 3.63) is 35.9 Å². The molecule has 0 amide bonds. The molecule has 0 spiro atoms. The summed E-state index contributed by atoms with van der Waals surface area (Å²) >= 11 is 0. The van der Waals surface area contributed by atoms with Gasteiger partial charge in [-0.1, -0.05) is 0 Å². The normalized spacial score (nSPS) is 10.6. The minimum Gasteiger partial charge on any atom is -0.493 e. The van der Waals surface area contributed by atoms with E-state index >= 15 is 0 Å². The largest absolute Gasteiger partial charge is 0.493 e. The third-order valence-electron chi connectivity index (χ3n) is 3.19. The Kier molecular flexibility index (Phi) is 5.20. The van der Waals surface area contributed by atoms with Crippen LogP contribution in [0.4, 0.5) is 17.1 Å². The van der Waals surface area contributed by atoms with E-state index in [1.54, 1.807) is 24.3 Å². The molecular formula is C16H17N3O5. The zero-order chi connectivity index (χ0) is 17.7. The molecule has 126 valence electrons. The first-order valence-corrected chi connectivity index (χ1v) is 6.85. The molecule has 0 aromatic heterocycles. The molecule has 8 nitrogen and oxygen atoms in total. The van der Waals surface area contributed by atoms with Gasteiger partial charge >= 0.3 is 5.97 Å². The molecule has 0 bridgehead atoms. The van der Waals surface area contributed by atoms with Crippen molar-refractivity contribution in [2.45, 2.75) is 0 Å². The number of benzene rings is 2. The number of nitrogens with two attached hydrogens (primary N) is 1. The summed E-state index contributed by atoms with van der Waals surface area (Å²) in [6.45, 7) is 0. The lowest BCUT2D eigenvalue weighted by atomic mass is 10.1. The second-order valence-corrected chi connectivity index (χ2v) is 4.64. The summed E-state index contributed by atoms with van der Waals surface area (Å²) in [4.78, 5) is 11.5. The fourth-order valence-electron chi connectivity index (χ4n) is 2.05. The summed E-state index contributed by atoms with van der Waals surface area (Å²) in [6, 6.07) is 7.95. The summed E-state index contributed by atoms with van der Waals surface area (Å²) in [5, 5.41) is 17.5. The Hall–Kier alpha value is -3.29. The quantitative estimate of drug-likeness (QED) is 0.619. The SMILES string of the molecule is COc1cc(C(=O)O)c(/N=N/c2ccc(N)cc2)c(OC)c1OC. The number of rotatable bonds is 6. The highest BCUT2D eigenvalue weighted by atomic mass is 16.5. The topological polar surface area (TPSA) is 116 Å². The van der Waals surface area contributed by atoms with Crippen LogP contribution in [0, 0.1) is 0 Å². The second kappa shape index (κ2) is 7.32. The number of carbonyl (C=O) groups is 1. The molecule has 2 rings (SSSR count). The van der Waals surface area contributed by atoms with Crippen LogP contribution >= 0.6 is 0 Å². The highest BCUT2D eigenvalue weighted by Gasteiger charge is 2.24. The van der Waals surface area contributed by atoms with Gasteiger partial charge < -0.3 is 25.1 Å². The van der Waals surface area contributed by atoms with Gasteiger partial charge in [0, 0.05) is 11.8 Å². The van der Waals surface area contributed by atoms with E-state index in [-0.39, 0.29) is 28.5 Å². The van der Waals surface area contributed by atoms with Gasteiger partial charge in [-0.15, -0.1) is 5.11 Å². The number of azo groups is 1. The van der Waals surface area contributed by atoms with Gasteiger partial charge in [-0.05, 0) is 24.3 Å². The van der Waals surface area contributed by atoms with Crippen LogP contribution in [0.2, 0.25) is 0 Å². The van der Waals surface area contributed by atoms with E-state index in [1.807, 2.05) is 0 Å². The smallest absolute Gasteiger partial charge is 0.338 e. The maximum absolute atomic E-state index is 11.5. The van der Waals surface area contributed by atoms with Crippen LogP contribution in [0.15, 0.2) is 40.6 Å². The van der Waals surface area contributed by atoms with Crippen LogP contribution in [-0.4, -0.2) is 32.4 Å². The maximum Gasteiger partial charge on any atom is 0.338 e. The molecule has 0 unspecified atom stereocenters. The number of carboxylic acid groups (broad SMARTS) is 1. The van der Waals surface area contributed by atoms with Crippen LogP contribution in [0.25, 0.3) is 0 Å². The van der Waals surface area contributed by atoms with E-state index in [0.717, 1.165) is 0 Å². The molecule has 0 atom stereocenters. The first kappa shape index (κ1) is 17.1. The van der Waals surface area contributed by atoms with Gasteiger partial charge in [0.25, 0.3) is 0 Å². The van der Waals surface area contributed by atoms with Gasteiger partial charge in [0.15, 0.2) is 11.5 Å². The Morgan fingerprint density at radius 1 is 1.00 bits per heavy atom. The second-order valence-electron chi connectivity index (χ2n) is 4.64. The molecular weight excluding hydrogens is 314 g/mol. The number of nitrogen functional groups attached to an aromatic ring is 1. The van der Waals surface area contributed by atoms with E-state index in [2.05, 4.69) is 10.2 Å². The number of ether oxygens (including phenoxy) is 3. The van der Waals surface area contributed by atoms with Crippen LogP contribution in [0.3, 0.4) is 0 Å². The van der Waals surface area contributed by atoms with Gasteiger partial charge in [-0.3, -0.25) is 0 Å². The van der Waals surface area contributed by atoms with Crippen LogP contribution < -0.4 is 19.9 Å². The molecule has 2 aromatic rings. The maximum atomic E-state index is 11.5. The Labute approximate surface area is 138 Å². The lowest BCUT2D eigenvalue weighted by Gasteiger charge is -2.15. The van der Waals surface area contributed by atoms with Crippen molar-refractivity contribution in [2.75, 3.05) is 27.1 Å². The van der Waals surface area contributed by atoms with Crippen molar-refractivity contribution in [3.63, 3.8) is 0 Å². The molecule has 0 fully saturated rings. The Balaban J connectivity index is 2.61. The standard InChI is InChI=1S/C16H17N3O5/c1-22-12-8-11(16(20)21)13(15(24-3)14(12)23-2)19-18-10-6-4-9(17)5-7-10/h4-8H,17H2,1-3H3,(H,20,21)/b19-18+. The summed E-state index contributed by atoms with van der Waals surface area (Å²) < 4.78 is 15.7. The molecule has 0 saturated heterocycles. The van der Waals surface area contributed by atoms with Crippen molar-refractivity contribution in [1.82, 2.24) is 0 Å². The minimum atomic E-state index is -1.19. The molecule has 3 N–H and O–H groups in total. The number of methoxy groups -OCH3 is 3. The summed E-state index contributed by atoms with van der Waals surface area (Å²) in [6.07, 6.45) is 0. The van der Waals surface area contributed by atoms with Gasteiger partial charge in [-0.25, -0.2) is 4.79 Å². The number of anilines is 1. The van der Waals surface area contributed by atoms with Gasteiger partial charge in [0.05, 0.1) is 32.6 Å². The first-order valence-electron chi connectivity index (χ1n) is 6.85. The highest BCUT2D eigenvalue weighted by Crippen LogP contribution is 2.47. The van der Waals surface area contributed by atoms with E-state index in [0.29, 0.717) is 11.4 Å². The third kappa shape index (κ3) is 3.37. The number of carboxylic acids is 1. The molecule has 0 aliphatic carbocycles. The number of hydrogen-bond acceptors (Lipinski definition) is 7. The van der Waals surface area contributed by atoms with Crippen molar-refractivity contribution < 1.29 is 24.1 Å².